The lowest BCUT2D eigenvalue weighted by Crippen LogP contribution is -2.44. The lowest BCUT2D eigenvalue weighted by atomic mass is 10.2. The standard InChI is InChI=1S/C8H13FN2O3S/c9-5-3-7(8(10)12)11(4-5)15(13,14)6-1-2-6/h5-7H,1-4H2,(H2,10,12)/t5-,7+/m1/s1. The average molecular weight is 236 g/mol. The Morgan fingerprint density at radius 1 is 1.40 bits per heavy atom. The second-order valence-electron chi connectivity index (χ2n) is 4.07. The molecular formula is C8H13FN2O3S. The van der Waals surface area contributed by atoms with Gasteiger partial charge in [-0.2, -0.15) is 4.31 Å². The topological polar surface area (TPSA) is 80.5 Å². The Morgan fingerprint density at radius 2 is 2.00 bits per heavy atom. The molecule has 2 aliphatic rings. The normalized spacial score (nSPS) is 33.1. The van der Waals surface area contributed by atoms with Crippen LogP contribution >= 0.6 is 0 Å². The summed E-state index contributed by atoms with van der Waals surface area (Å²) in [6, 6.07) is -0.995. The predicted molar refractivity (Wildman–Crippen MR) is 51.1 cm³/mol. The van der Waals surface area contributed by atoms with Crippen LogP contribution in [-0.2, 0) is 14.8 Å². The van der Waals surface area contributed by atoms with E-state index < -0.39 is 33.4 Å². The maximum Gasteiger partial charge on any atom is 0.235 e. The third kappa shape index (κ3) is 1.85. The van der Waals surface area contributed by atoms with Crippen molar-refractivity contribution in [3.63, 3.8) is 0 Å². The molecule has 0 aromatic carbocycles. The summed E-state index contributed by atoms with van der Waals surface area (Å²) in [5, 5.41) is -0.426. The predicted octanol–water partition coefficient (Wildman–Crippen LogP) is -0.624. The molecule has 1 amide bonds. The number of carbonyl (C=O) groups is 1. The second kappa shape index (κ2) is 3.41. The van der Waals surface area contributed by atoms with Crippen molar-refractivity contribution in [2.45, 2.75) is 36.7 Å². The monoisotopic (exact) mass is 236 g/mol. The summed E-state index contributed by atoms with van der Waals surface area (Å²) in [7, 11) is -3.50. The second-order valence-corrected chi connectivity index (χ2v) is 6.23. The molecule has 0 radical (unpaired) electrons. The summed E-state index contributed by atoms with van der Waals surface area (Å²) < 4.78 is 37.6. The molecule has 1 aliphatic carbocycles. The van der Waals surface area contributed by atoms with Crippen LogP contribution in [0.25, 0.3) is 0 Å². The van der Waals surface area contributed by atoms with Crippen molar-refractivity contribution >= 4 is 15.9 Å². The minimum absolute atomic E-state index is 0.110. The van der Waals surface area contributed by atoms with Crippen LogP contribution in [0.2, 0.25) is 0 Å². The lowest BCUT2D eigenvalue weighted by Gasteiger charge is -2.20. The summed E-state index contributed by atoms with van der Waals surface area (Å²) in [5.41, 5.74) is 5.06. The van der Waals surface area contributed by atoms with Crippen LogP contribution in [0, 0.1) is 0 Å². The van der Waals surface area contributed by atoms with Crippen molar-refractivity contribution in [3.05, 3.63) is 0 Å². The lowest BCUT2D eigenvalue weighted by molar-refractivity contribution is -0.121. The van der Waals surface area contributed by atoms with Crippen LogP contribution in [0.4, 0.5) is 4.39 Å². The van der Waals surface area contributed by atoms with Crippen LogP contribution in [0.1, 0.15) is 19.3 Å². The number of carbonyl (C=O) groups excluding carboxylic acids is 1. The highest BCUT2D eigenvalue weighted by Crippen LogP contribution is 2.35. The maximum absolute atomic E-state index is 13.1. The van der Waals surface area contributed by atoms with E-state index in [2.05, 4.69) is 0 Å². The van der Waals surface area contributed by atoms with Crippen LogP contribution in [0.3, 0.4) is 0 Å². The van der Waals surface area contributed by atoms with Gasteiger partial charge in [0, 0.05) is 13.0 Å². The molecule has 7 heteroatoms. The minimum atomic E-state index is -3.50. The highest BCUT2D eigenvalue weighted by Gasteiger charge is 2.48. The number of alkyl halides is 1. The van der Waals surface area contributed by atoms with Crippen LogP contribution in [-0.4, -0.2) is 42.6 Å². The molecule has 2 fully saturated rings. The number of primary amides is 1. The van der Waals surface area contributed by atoms with Crippen molar-refractivity contribution in [1.29, 1.82) is 0 Å². The molecule has 5 nitrogen and oxygen atoms in total. The van der Waals surface area contributed by atoms with E-state index in [1.54, 1.807) is 0 Å². The number of sulfonamides is 1. The van der Waals surface area contributed by atoms with Crippen molar-refractivity contribution in [1.82, 2.24) is 4.31 Å². The van der Waals surface area contributed by atoms with Crippen LogP contribution < -0.4 is 5.73 Å². The van der Waals surface area contributed by atoms with Gasteiger partial charge in [0.05, 0.1) is 5.25 Å². The molecule has 0 spiro atoms. The Morgan fingerprint density at radius 3 is 2.47 bits per heavy atom. The summed E-state index contributed by atoms with van der Waals surface area (Å²) in [6.45, 7) is -0.230. The molecule has 0 aromatic heterocycles. The molecule has 2 rings (SSSR count). The Kier molecular flexibility index (Phi) is 2.46. The number of halogens is 1. The molecule has 15 heavy (non-hydrogen) atoms. The number of hydrogen-bond acceptors (Lipinski definition) is 3. The molecule has 2 atom stereocenters. The molecule has 86 valence electrons. The average Bonchev–Trinajstić information content (AvgIpc) is 2.89. The van der Waals surface area contributed by atoms with E-state index in [1.165, 1.54) is 0 Å². The number of nitrogens with zero attached hydrogens (tertiary/aromatic N) is 1. The number of hydrogen-bond donors (Lipinski definition) is 1. The van der Waals surface area contributed by atoms with Gasteiger partial charge < -0.3 is 5.73 Å². The number of nitrogens with two attached hydrogens (primary N) is 1. The third-order valence-electron chi connectivity index (χ3n) is 2.81. The highest BCUT2D eigenvalue weighted by molar-refractivity contribution is 7.90. The van der Waals surface area contributed by atoms with Crippen molar-refractivity contribution in [2.75, 3.05) is 6.54 Å². The fraction of sp³-hybridized carbons (Fsp3) is 0.875. The molecule has 0 bridgehead atoms. The van der Waals surface area contributed by atoms with Crippen LogP contribution in [0.5, 0.6) is 0 Å². The first-order chi connectivity index (χ1) is 6.93. The molecule has 0 aromatic rings. The Balaban J connectivity index is 2.23. The fourth-order valence-corrected chi connectivity index (χ4v) is 3.88. The first kappa shape index (κ1) is 10.8. The van der Waals surface area contributed by atoms with Crippen LogP contribution in [0.15, 0.2) is 0 Å². The quantitative estimate of drug-likeness (QED) is 0.709. The first-order valence-electron chi connectivity index (χ1n) is 4.87. The van der Waals surface area contributed by atoms with Gasteiger partial charge in [0.2, 0.25) is 15.9 Å². The zero-order valence-electron chi connectivity index (χ0n) is 8.10. The van der Waals surface area contributed by atoms with Gasteiger partial charge in [-0.15, -0.1) is 0 Å². The highest BCUT2D eigenvalue weighted by atomic mass is 32.2. The summed E-state index contributed by atoms with van der Waals surface area (Å²) in [5.74, 6) is -0.764. The van der Waals surface area contributed by atoms with Gasteiger partial charge in [-0.1, -0.05) is 0 Å². The SMILES string of the molecule is NC(=O)[C@@H]1C[C@@H](F)CN1S(=O)(=O)C1CC1. The van der Waals surface area contributed by atoms with Gasteiger partial charge in [0.15, 0.2) is 0 Å². The van der Waals surface area contributed by atoms with E-state index in [4.69, 9.17) is 5.73 Å². The smallest absolute Gasteiger partial charge is 0.235 e. The van der Waals surface area contributed by atoms with Gasteiger partial charge >= 0.3 is 0 Å². The summed E-state index contributed by atoms with van der Waals surface area (Å²) >= 11 is 0. The minimum Gasteiger partial charge on any atom is -0.368 e. The zero-order valence-corrected chi connectivity index (χ0v) is 8.91. The third-order valence-corrected chi connectivity index (χ3v) is 5.18. The summed E-state index contributed by atoms with van der Waals surface area (Å²) in [4.78, 5) is 11.0. The number of amides is 1. The Labute approximate surface area is 87.5 Å². The largest absolute Gasteiger partial charge is 0.368 e. The van der Waals surface area contributed by atoms with Gasteiger partial charge in [0.1, 0.15) is 12.2 Å². The number of rotatable bonds is 3. The molecule has 1 aliphatic heterocycles. The van der Waals surface area contributed by atoms with E-state index in [1.807, 2.05) is 0 Å². The molecule has 2 N–H and O–H groups in total. The van der Waals surface area contributed by atoms with Gasteiger partial charge in [-0.3, -0.25) is 4.79 Å². The van der Waals surface area contributed by atoms with Crippen molar-refractivity contribution < 1.29 is 17.6 Å². The Bertz CT molecular complexity index is 379. The fourth-order valence-electron chi connectivity index (χ4n) is 1.85. The summed E-state index contributed by atoms with van der Waals surface area (Å²) in [6.07, 6.45) is -0.194. The zero-order chi connectivity index (χ0) is 11.2. The molecule has 0 unspecified atom stereocenters. The molecule has 1 saturated carbocycles. The van der Waals surface area contributed by atoms with Gasteiger partial charge in [0.25, 0.3) is 0 Å². The van der Waals surface area contributed by atoms with E-state index in [0.29, 0.717) is 12.8 Å². The first-order valence-corrected chi connectivity index (χ1v) is 6.37. The molecule has 1 heterocycles. The van der Waals surface area contributed by atoms with Gasteiger partial charge in [-0.05, 0) is 12.8 Å². The van der Waals surface area contributed by atoms with E-state index >= 15 is 0 Å². The van der Waals surface area contributed by atoms with Gasteiger partial charge in [-0.25, -0.2) is 12.8 Å². The van der Waals surface area contributed by atoms with Crippen molar-refractivity contribution in [3.8, 4) is 0 Å². The maximum atomic E-state index is 13.1. The van der Waals surface area contributed by atoms with E-state index in [9.17, 15) is 17.6 Å². The van der Waals surface area contributed by atoms with Crippen molar-refractivity contribution in [2.24, 2.45) is 5.73 Å². The molecular weight excluding hydrogens is 223 g/mol. The van der Waals surface area contributed by atoms with E-state index in [-0.39, 0.29) is 13.0 Å². The van der Waals surface area contributed by atoms with E-state index in [0.717, 1.165) is 4.31 Å². The Hall–Kier alpha value is -0.690. The molecule has 1 saturated heterocycles.